The van der Waals surface area contributed by atoms with Crippen LogP contribution in [0.2, 0.25) is 0 Å². The zero-order chi connectivity index (χ0) is 17.0. The molecular weight excluding hydrogens is 290 g/mol. The molecule has 0 aromatic rings. The van der Waals surface area contributed by atoms with E-state index in [-0.39, 0.29) is 6.09 Å². The number of rotatable bonds is 4. The van der Waals surface area contributed by atoms with Crippen molar-refractivity contribution in [2.24, 2.45) is 11.8 Å². The van der Waals surface area contributed by atoms with Crippen molar-refractivity contribution >= 4 is 6.09 Å². The molecule has 2 saturated heterocycles. The molecule has 1 amide bonds. The smallest absolute Gasteiger partial charge is 0.410 e. The van der Waals surface area contributed by atoms with Gasteiger partial charge in [0.25, 0.3) is 0 Å². The van der Waals surface area contributed by atoms with Crippen LogP contribution in [0.25, 0.3) is 0 Å². The van der Waals surface area contributed by atoms with E-state index in [1.807, 2.05) is 25.7 Å². The van der Waals surface area contributed by atoms with E-state index in [1.54, 1.807) is 0 Å². The number of ether oxygens (including phenoxy) is 1. The maximum Gasteiger partial charge on any atom is 0.410 e. The molecule has 0 spiro atoms. The van der Waals surface area contributed by atoms with Crippen molar-refractivity contribution in [3.63, 3.8) is 0 Å². The van der Waals surface area contributed by atoms with Gasteiger partial charge in [-0.3, -0.25) is 0 Å². The van der Waals surface area contributed by atoms with Crippen LogP contribution in [-0.2, 0) is 4.74 Å². The summed E-state index contributed by atoms with van der Waals surface area (Å²) in [6.07, 6.45) is 3.54. The van der Waals surface area contributed by atoms with E-state index in [0.29, 0.717) is 12.0 Å². The van der Waals surface area contributed by atoms with Gasteiger partial charge in [0.15, 0.2) is 0 Å². The quantitative estimate of drug-likeness (QED) is 0.863. The third-order valence-electron chi connectivity index (χ3n) is 5.03. The number of piperidine rings is 1. The number of hydrogen-bond acceptors (Lipinski definition) is 4. The first-order valence-electron chi connectivity index (χ1n) is 9.14. The third-order valence-corrected chi connectivity index (χ3v) is 5.03. The number of likely N-dealkylation sites (tertiary alicyclic amines) is 2. The molecular formula is C18H35N3O2. The average molecular weight is 325 g/mol. The summed E-state index contributed by atoms with van der Waals surface area (Å²) in [6.45, 7) is 13.1. The summed E-state index contributed by atoms with van der Waals surface area (Å²) in [5, 5.41) is 3.72. The fourth-order valence-electron chi connectivity index (χ4n) is 3.63. The normalized spacial score (nSPS) is 28.0. The van der Waals surface area contributed by atoms with Gasteiger partial charge >= 0.3 is 6.09 Å². The second kappa shape index (κ2) is 7.84. The standard InChI is InChI=1S/C18H35N3O2/c1-14(16-7-6-9-20(5)13-16)19-11-15-8-10-21(12-15)17(22)23-18(2,3)4/h14-16,19H,6-13H2,1-5H3. The van der Waals surface area contributed by atoms with Crippen LogP contribution in [0.3, 0.4) is 0 Å². The molecule has 0 aliphatic carbocycles. The predicted octanol–water partition coefficient (Wildman–Crippen LogP) is 2.56. The van der Waals surface area contributed by atoms with E-state index in [0.717, 1.165) is 32.0 Å². The minimum Gasteiger partial charge on any atom is -0.444 e. The molecule has 1 N–H and O–H groups in total. The predicted molar refractivity (Wildman–Crippen MR) is 93.6 cm³/mol. The number of amides is 1. The molecule has 2 heterocycles. The van der Waals surface area contributed by atoms with E-state index in [2.05, 4.69) is 24.2 Å². The topological polar surface area (TPSA) is 44.8 Å². The minimum absolute atomic E-state index is 0.165. The van der Waals surface area contributed by atoms with Gasteiger partial charge in [-0.25, -0.2) is 4.79 Å². The van der Waals surface area contributed by atoms with Crippen LogP contribution >= 0.6 is 0 Å². The number of carbonyl (C=O) groups is 1. The Morgan fingerprint density at radius 3 is 2.65 bits per heavy atom. The molecule has 2 rings (SSSR count). The third kappa shape index (κ3) is 5.96. The number of hydrogen-bond donors (Lipinski definition) is 1. The highest BCUT2D eigenvalue weighted by molar-refractivity contribution is 5.68. The molecule has 2 fully saturated rings. The van der Waals surface area contributed by atoms with Gasteiger partial charge in [0.2, 0.25) is 0 Å². The number of nitrogens with one attached hydrogen (secondary N) is 1. The van der Waals surface area contributed by atoms with Gasteiger partial charge in [0.05, 0.1) is 0 Å². The van der Waals surface area contributed by atoms with Gasteiger partial charge < -0.3 is 19.9 Å². The van der Waals surface area contributed by atoms with Crippen LogP contribution in [0.4, 0.5) is 4.79 Å². The Bertz CT molecular complexity index is 394. The summed E-state index contributed by atoms with van der Waals surface area (Å²) in [7, 11) is 2.22. The van der Waals surface area contributed by atoms with E-state index >= 15 is 0 Å². The highest BCUT2D eigenvalue weighted by Gasteiger charge is 2.30. The fourth-order valence-corrected chi connectivity index (χ4v) is 3.63. The molecule has 0 saturated carbocycles. The first-order chi connectivity index (χ1) is 10.7. The van der Waals surface area contributed by atoms with Crippen LogP contribution in [-0.4, -0.2) is 67.3 Å². The Balaban J connectivity index is 1.70. The first-order valence-corrected chi connectivity index (χ1v) is 9.14. The highest BCUT2D eigenvalue weighted by atomic mass is 16.6. The van der Waals surface area contributed by atoms with Crippen LogP contribution in [0.5, 0.6) is 0 Å². The van der Waals surface area contributed by atoms with Crippen LogP contribution in [0, 0.1) is 11.8 Å². The summed E-state index contributed by atoms with van der Waals surface area (Å²) < 4.78 is 5.46. The van der Waals surface area contributed by atoms with Crippen LogP contribution in [0.15, 0.2) is 0 Å². The van der Waals surface area contributed by atoms with Crippen LogP contribution in [0.1, 0.15) is 47.0 Å². The highest BCUT2D eigenvalue weighted by Crippen LogP contribution is 2.21. The molecule has 2 aliphatic heterocycles. The van der Waals surface area contributed by atoms with Crippen molar-refractivity contribution in [3.05, 3.63) is 0 Å². The van der Waals surface area contributed by atoms with Crippen molar-refractivity contribution in [1.29, 1.82) is 0 Å². The van der Waals surface area contributed by atoms with Gasteiger partial charge in [-0.05, 0) is 78.9 Å². The summed E-state index contributed by atoms with van der Waals surface area (Å²) in [6, 6.07) is 0.549. The molecule has 0 aromatic carbocycles. The first kappa shape index (κ1) is 18.5. The number of nitrogens with zero attached hydrogens (tertiary/aromatic N) is 2. The fraction of sp³-hybridized carbons (Fsp3) is 0.944. The summed E-state index contributed by atoms with van der Waals surface area (Å²) in [5.74, 6) is 1.29. The van der Waals surface area contributed by atoms with Crippen molar-refractivity contribution in [3.8, 4) is 0 Å². The molecule has 3 unspecified atom stereocenters. The zero-order valence-electron chi connectivity index (χ0n) is 15.6. The van der Waals surface area contributed by atoms with E-state index in [9.17, 15) is 4.79 Å². The van der Waals surface area contributed by atoms with Gasteiger partial charge in [-0.15, -0.1) is 0 Å². The Hall–Kier alpha value is -0.810. The van der Waals surface area contributed by atoms with E-state index in [4.69, 9.17) is 4.74 Å². The molecule has 0 radical (unpaired) electrons. The Kier molecular flexibility index (Phi) is 6.32. The lowest BCUT2D eigenvalue weighted by Crippen LogP contribution is -2.44. The lowest BCUT2D eigenvalue weighted by molar-refractivity contribution is 0.0288. The molecule has 0 bridgehead atoms. The Morgan fingerprint density at radius 2 is 2.00 bits per heavy atom. The van der Waals surface area contributed by atoms with Crippen molar-refractivity contribution < 1.29 is 9.53 Å². The Morgan fingerprint density at radius 1 is 1.26 bits per heavy atom. The van der Waals surface area contributed by atoms with Gasteiger partial charge in [0.1, 0.15) is 5.60 Å². The largest absolute Gasteiger partial charge is 0.444 e. The van der Waals surface area contributed by atoms with Crippen molar-refractivity contribution in [2.45, 2.75) is 58.6 Å². The monoisotopic (exact) mass is 325 g/mol. The molecule has 0 aromatic heterocycles. The van der Waals surface area contributed by atoms with Crippen molar-refractivity contribution in [1.82, 2.24) is 15.1 Å². The molecule has 3 atom stereocenters. The SMILES string of the molecule is CC(NCC1CCN(C(=O)OC(C)(C)C)C1)C1CCCN(C)C1. The van der Waals surface area contributed by atoms with Crippen molar-refractivity contribution in [2.75, 3.05) is 39.8 Å². The number of carbonyl (C=O) groups excluding carboxylic acids is 1. The van der Waals surface area contributed by atoms with Gasteiger partial charge in [-0.2, -0.15) is 0 Å². The summed E-state index contributed by atoms with van der Waals surface area (Å²) in [5.41, 5.74) is -0.408. The van der Waals surface area contributed by atoms with Crippen LogP contribution < -0.4 is 5.32 Å². The lowest BCUT2D eigenvalue weighted by Gasteiger charge is -2.34. The average Bonchev–Trinajstić information content (AvgIpc) is 2.92. The Labute approximate surface area is 141 Å². The molecule has 2 aliphatic rings. The van der Waals surface area contributed by atoms with E-state index < -0.39 is 5.60 Å². The summed E-state index contributed by atoms with van der Waals surface area (Å²) >= 11 is 0. The molecule has 23 heavy (non-hydrogen) atoms. The van der Waals surface area contributed by atoms with Gasteiger partial charge in [-0.1, -0.05) is 0 Å². The van der Waals surface area contributed by atoms with Gasteiger partial charge in [0, 0.05) is 25.7 Å². The minimum atomic E-state index is -0.408. The second-order valence-corrected chi connectivity index (χ2v) is 8.44. The maximum atomic E-state index is 12.1. The summed E-state index contributed by atoms with van der Waals surface area (Å²) in [4.78, 5) is 16.4. The van der Waals surface area contributed by atoms with E-state index in [1.165, 1.54) is 25.9 Å². The molecule has 5 nitrogen and oxygen atoms in total. The molecule has 5 heteroatoms. The molecule has 134 valence electrons. The second-order valence-electron chi connectivity index (χ2n) is 8.44. The maximum absolute atomic E-state index is 12.1. The lowest BCUT2D eigenvalue weighted by atomic mass is 9.91. The zero-order valence-corrected chi connectivity index (χ0v) is 15.6.